The van der Waals surface area contributed by atoms with Crippen molar-refractivity contribution < 1.29 is 23.5 Å². The molecule has 3 aromatic rings. The molecule has 1 aliphatic heterocycles. The quantitative estimate of drug-likeness (QED) is 0.416. The highest BCUT2D eigenvalue weighted by Gasteiger charge is 2.47. The molecular formula is C22H14F2N2O3. The lowest BCUT2D eigenvalue weighted by atomic mass is 9.98. The van der Waals surface area contributed by atoms with Crippen LogP contribution >= 0.6 is 0 Å². The van der Waals surface area contributed by atoms with Gasteiger partial charge in [-0.15, -0.1) is 0 Å². The van der Waals surface area contributed by atoms with E-state index in [2.05, 4.69) is 4.98 Å². The van der Waals surface area contributed by atoms with E-state index in [0.717, 1.165) is 17.0 Å². The van der Waals surface area contributed by atoms with Crippen LogP contribution in [-0.4, -0.2) is 21.8 Å². The number of pyridine rings is 1. The molecule has 1 unspecified atom stereocenters. The van der Waals surface area contributed by atoms with E-state index in [0.29, 0.717) is 11.3 Å². The Hall–Kier alpha value is -3.87. The Morgan fingerprint density at radius 2 is 1.66 bits per heavy atom. The van der Waals surface area contributed by atoms with Crippen LogP contribution in [0.25, 0.3) is 5.76 Å². The zero-order valence-electron chi connectivity index (χ0n) is 14.9. The van der Waals surface area contributed by atoms with E-state index < -0.39 is 29.4 Å². The van der Waals surface area contributed by atoms with Gasteiger partial charge in [-0.3, -0.25) is 19.5 Å². The van der Waals surface area contributed by atoms with Crippen molar-refractivity contribution in [2.45, 2.75) is 6.04 Å². The summed E-state index contributed by atoms with van der Waals surface area (Å²) in [6, 6.07) is 15.0. The third-order valence-electron chi connectivity index (χ3n) is 4.64. The third-order valence-corrected chi connectivity index (χ3v) is 4.64. The number of carbonyl (C=O) groups excluding carboxylic acids is 2. The summed E-state index contributed by atoms with van der Waals surface area (Å²) in [5.41, 5.74) is 0.448. The molecule has 4 rings (SSSR count). The summed E-state index contributed by atoms with van der Waals surface area (Å²) >= 11 is 0. The number of hydrogen-bond acceptors (Lipinski definition) is 4. The maximum absolute atomic E-state index is 13.8. The molecule has 1 aliphatic rings. The van der Waals surface area contributed by atoms with Gasteiger partial charge in [0.15, 0.2) is 11.6 Å². The molecule has 7 heteroatoms. The highest BCUT2D eigenvalue weighted by Crippen LogP contribution is 2.41. The lowest BCUT2D eigenvalue weighted by Crippen LogP contribution is -2.30. The monoisotopic (exact) mass is 392 g/mol. The van der Waals surface area contributed by atoms with Crippen molar-refractivity contribution in [2.75, 3.05) is 4.90 Å². The van der Waals surface area contributed by atoms with Crippen molar-refractivity contribution >= 4 is 23.1 Å². The first-order valence-corrected chi connectivity index (χ1v) is 8.71. The van der Waals surface area contributed by atoms with Crippen LogP contribution in [0.2, 0.25) is 0 Å². The van der Waals surface area contributed by atoms with Crippen molar-refractivity contribution in [1.29, 1.82) is 0 Å². The van der Waals surface area contributed by atoms with Gasteiger partial charge in [0.1, 0.15) is 11.8 Å². The molecular weight excluding hydrogens is 378 g/mol. The van der Waals surface area contributed by atoms with Crippen LogP contribution in [0, 0.1) is 11.6 Å². The van der Waals surface area contributed by atoms with Gasteiger partial charge in [-0.25, -0.2) is 8.78 Å². The van der Waals surface area contributed by atoms with Gasteiger partial charge in [0.2, 0.25) is 0 Å². The van der Waals surface area contributed by atoms with Crippen LogP contribution in [0.3, 0.4) is 0 Å². The first-order chi connectivity index (χ1) is 14.0. The number of hydrogen-bond donors (Lipinski definition) is 1. The molecule has 0 saturated carbocycles. The average Bonchev–Trinajstić information content (AvgIpc) is 3.02. The Balaban J connectivity index is 1.95. The van der Waals surface area contributed by atoms with Gasteiger partial charge in [0.25, 0.3) is 11.7 Å². The van der Waals surface area contributed by atoms with Gasteiger partial charge in [-0.05, 0) is 24.3 Å². The van der Waals surface area contributed by atoms with Gasteiger partial charge in [0.05, 0.1) is 11.3 Å². The van der Waals surface area contributed by atoms with Crippen LogP contribution in [0.15, 0.2) is 78.5 Å². The average molecular weight is 392 g/mol. The van der Waals surface area contributed by atoms with Crippen LogP contribution in [0.5, 0.6) is 0 Å². The minimum atomic E-state index is -1.16. The van der Waals surface area contributed by atoms with E-state index in [-0.39, 0.29) is 17.0 Å². The maximum atomic E-state index is 13.8. The topological polar surface area (TPSA) is 70.5 Å². The van der Waals surface area contributed by atoms with Gasteiger partial charge in [0, 0.05) is 23.5 Å². The summed E-state index contributed by atoms with van der Waals surface area (Å²) in [4.78, 5) is 30.9. The Morgan fingerprint density at radius 1 is 0.931 bits per heavy atom. The summed E-state index contributed by atoms with van der Waals surface area (Å²) in [7, 11) is 0. The number of Topliss-reactive ketones (excluding diaryl/α,β-unsaturated/α-hetero) is 1. The van der Waals surface area contributed by atoms with Crippen LogP contribution in [-0.2, 0) is 9.59 Å². The van der Waals surface area contributed by atoms with Crippen LogP contribution < -0.4 is 4.90 Å². The number of anilines is 1. The van der Waals surface area contributed by atoms with Crippen LogP contribution in [0.4, 0.5) is 14.5 Å². The van der Waals surface area contributed by atoms with Crippen LogP contribution in [0.1, 0.15) is 17.3 Å². The number of rotatable bonds is 3. The van der Waals surface area contributed by atoms with Crippen molar-refractivity contribution in [1.82, 2.24) is 4.98 Å². The molecule has 1 atom stereocenters. The number of aliphatic hydroxyl groups excluding tert-OH is 1. The molecule has 1 N–H and O–H groups in total. The lowest BCUT2D eigenvalue weighted by Gasteiger charge is -2.24. The summed E-state index contributed by atoms with van der Waals surface area (Å²) in [6.07, 6.45) is 1.48. The van der Waals surface area contributed by atoms with E-state index in [1.54, 1.807) is 48.5 Å². The number of aromatic nitrogens is 1. The zero-order valence-corrected chi connectivity index (χ0v) is 14.9. The first kappa shape index (κ1) is 18.5. The van der Waals surface area contributed by atoms with Crippen molar-refractivity contribution in [3.63, 3.8) is 0 Å². The molecule has 5 nitrogen and oxygen atoms in total. The number of nitrogens with zero attached hydrogens (tertiary/aromatic N) is 2. The molecule has 2 heterocycles. The molecule has 29 heavy (non-hydrogen) atoms. The van der Waals surface area contributed by atoms with Gasteiger partial charge in [-0.2, -0.15) is 0 Å². The third kappa shape index (κ3) is 3.16. The van der Waals surface area contributed by atoms with Gasteiger partial charge < -0.3 is 5.11 Å². The zero-order chi connectivity index (χ0) is 20.5. The fourth-order valence-electron chi connectivity index (χ4n) is 3.30. The number of amides is 1. The predicted molar refractivity (Wildman–Crippen MR) is 102 cm³/mol. The first-order valence-electron chi connectivity index (χ1n) is 8.71. The Bertz CT molecular complexity index is 1130. The number of ketones is 1. The summed E-state index contributed by atoms with van der Waals surface area (Å²) in [6.45, 7) is 0. The number of carbonyl (C=O) groups is 2. The molecule has 0 radical (unpaired) electrons. The van der Waals surface area contributed by atoms with E-state index in [1.807, 2.05) is 0 Å². The Kier molecular flexibility index (Phi) is 4.64. The number of aliphatic hydroxyl groups is 1. The molecule has 144 valence electrons. The van der Waals surface area contributed by atoms with Crippen molar-refractivity contribution in [3.05, 3.63) is 101 Å². The minimum Gasteiger partial charge on any atom is -0.507 e. The maximum Gasteiger partial charge on any atom is 0.300 e. The van der Waals surface area contributed by atoms with Gasteiger partial charge in [-0.1, -0.05) is 36.4 Å². The van der Waals surface area contributed by atoms with Gasteiger partial charge >= 0.3 is 0 Å². The second kappa shape index (κ2) is 7.27. The van der Waals surface area contributed by atoms with E-state index >= 15 is 0 Å². The molecule has 2 aromatic carbocycles. The second-order valence-electron chi connectivity index (χ2n) is 6.39. The molecule has 0 bridgehead atoms. The van der Waals surface area contributed by atoms with Crippen molar-refractivity contribution in [3.8, 4) is 0 Å². The molecule has 0 aliphatic carbocycles. The highest BCUT2D eigenvalue weighted by atomic mass is 19.2. The highest BCUT2D eigenvalue weighted by molar-refractivity contribution is 6.51. The largest absolute Gasteiger partial charge is 0.507 e. The van der Waals surface area contributed by atoms with E-state index in [1.165, 1.54) is 12.3 Å². The summed E-state index contributed by atoms with van der Waals surface area (Å²) in [5, 5.41) is 10.8. The summed E-state index contributed by atoms with van der Waals surface area (Å²) < 4.78 is 27.2. The molecule has 1 saturated heterocycles. The number of benzene rings is 2. The van der Waals surface area contributed by atoms with Crippen molar-refractivity contribution in [2.24, 2.45) is 0 Å². The minimum absolute atomic E-state index is 0.0197. The standard InChI is InChI=1S/C22H14F2N2O3/c23-15-10-9-14(12-16(15)24)26-19(17-8-4-5-11-25-17)18(21(28)22(26)29)20(27)13-6-2-1-3-7-13/h1-12,19,27H/b20-18+. The second-order valence-corrected chi connectivity index (χ2v) is 6.39. The normalized spacial score (nSPS) is 18.3. The number of halogens is 2. The summed E-state index contributed by atoms with van der Waals surface area (Å²) in [5.74, 6) is -4.52. The molecule has 1 fully saturated rings. The SMILES string of the molecule is O=C1C(=O)N(c2ccc(F)c(F)c2)C(c2ccccn2)/C1=C(\O)c1ccccc1. The smallest absolute Gasteiger partial charge is 0.300 e. The fourth-order valence-corrected chi connectivity index (χ4v) is 3.30. The Labute approximate surface area is 164 Å². The molecule has 0 spiro atoms. The predicted octanol–water partition coefficient (Wildman–Crippen LogP) is 3.99. The van der Waals surface area contributed by atoms with E-state index in [9.17, 15) is 23.5 Å². The van der Waals surface area contributed by atoms with E-state index in [4.69, 9.17) is 0 Å². The lowest BCUT2D eigenvalue weighted by molar-refractivity contribution is -0.132. The Morgan fingerprint density at radius 3 is 2.31 bits per heavy atom. The fraction of sp³-hybridized carbons (Fsp3) is 0.0455. The molecule has 1 aromatic heterocycles. The molecule has 1 amide bonds.